The molecule has 0 spiro atoms. The van der Waals surface area contributed by atoms with Crippen molar-refractivity contribution in [2.24, 2.45) is 0 Å². The average molecular weight is 215 g/mol. The van der Waals surface area contributed by atoms with Crippen molar-refractivity contribution in [1.82, 2.24) is 9.55 Å². The molecule has 7 heteroatoms. The molecule has 0 amide bonds. The van der Waals surface area contributed by atoms with Crippen molar-refractivity contribution in [2.75, 3.05) is 0 Å². The molecule has 0 bridgehead atoms. The molecule has 1 aromatic heterocycles. The highest BCUT2D eigenvalue weighted by Crippen LogP contribution is 2.19. The first-order valence-corrected chi connectivity index (χ1v) is 4.39. The van der Waals surface area contributed by atoms with E-state index in [1.165, 1.54) is 4.57 Å². The predicted octanol–water partition coefficient (Wildman–Crippen LogP) is 1.42. The van der Waals surface area contributed by atoms with E-state index in [-0.39, 0.29) is 11.6 Å². The van der Waals surface area contributed by atoms with Gasteiger partial charge in [0.15, 0.2) is 0 Å². The Morgan fingerprint density at radius 2 is 2.43 bits per heavy atom. The Morgan fingerprint density at radius 3 is 2.79 bits per heavy atom. The number of rotatable bonds is 3. The van der Waals surface area contributed by atoms with Crippen molar-refractivity contribution in [2.45, 2.75) is 19.3 Å². The molecule has 0 radical (unpaired) electrons. The second-order valence-corrected chi connectivity index (χ2v) is 2.71. The number of nitriles is 1. The maximum Gasteiger partial charge on any atom is 0.400 e. The van der Waals surface area contributed by atoms with Gasteiger partial charge < -0.3 is 10.1 Å². The molecule has 0 unspecified atom stereocenters. The summed E-state index contributed by atoms with van der Waals surface area (Å²) >= 11 is 5.54. The lowest BCUT2D eigenvalue weighted by molar-refractivity contribution is -0.389. The first-order chi connectivity index (χ1) is 6.65. The van der Waals surface area contributed by atoms with Crippen molar-refractivity contribution >= 4 is 17.4 Å². The maximum atomic E-state index is 10.5. The minimum atomic E-state index is -0.680. The molecule has 74 valence electrons. The summed E-state index contributed by atoms with van der Waals surface area (Å²) in [6, 6.07) is 1.75. The van der Waals surface area contributed by atoms with E-state index in [4.69, 9.17) is 16.9 Å². The van der Waals surface area contributed by atoms with Crippen LogP contribution >= 0.6 is 11.6 Å². The van der Waals surface area contributed by atoms with Gasteiger partial charge in [0.25, 0.3) is 0 Å². The van der Waals surface area contributed by atoms with Crippen LogP contribution in [-0.2, 0) is 12.4 Å². The van der Waals surface area contributed by atoms with Crippen LogP contribution in [0.4, 0.5) is 5.82 Å². The van der Waals surface area contributed by atoms with Gasteiger partial charge in [-0.05, 0) is 16.8 Å². The Morgan fingerprint density at radius 1 is 1.79 bits per heavy atom. The van der Waals surface area contributed by atoms with Gasteiger partial charge in [0.05, 0.1) is 0 Å². The van der Waals surface area contributed by atoms with Crippen LogP contribution in [0.2, 0.25) is 0 Å². The number of alkyl halides is 1. The number of aromatic nitrogens is 2. The van der Waals surface area contributed by atoms with Crippen LogP contribution in [0.3, 0.4) is 0 Å². The molecule has 0 aliphatic heterocycles. The fraction of sp³-hybridized carbons (Fsp3) is 0.429. The van der Waals surface area contributed by atoms with Crippen LogP contribution in [0.15, 0.2) is 0 Å². The van der Waals surface area contributed by atoms with E-state index in [9.17, 15) is 10.1 Å². The zero-order valence-electron chi connectivity index (χ0n) is 7.40. The van der Waals surface area contributed by atoms with Gasteiger partial charge in [0.2, 0.25) is 11.5 Å². The molecule has 1 rings (SSSR count). The molecule has 14 heavy (non-hydrogen) atoms. The van der Waals surface area contributed by atoms with Gasteiger partial charge >= 0.3 is 5.82 Å². The van der Waals surface area contributed by atoms with E-state index in [2.05, 4.69) is 4.98 Å². The lowest BCUT2D eigenvalue weighted by Crippen LogP contribution is -2.02. The first-order valence-electron chi connectivity index (χ1n) is 3.85. The van der Waals surface area contributed by atoms with Gasteiger partial charge in [-0.2, -0.15) is 5.26 Å². The fourth-order valence-electron chi connectivity index (χ4n) is 1.17. The summed E-state index contributed by atoms with van der Waals surface area (Å²) in [5, 5.41) is 19.2. The minimum absolute atomic E-state index is 0.0480. The molecule has 6 nitrogen and oxygen atoms in total. The van der Waals surface area contributed by atoms with Crippen LogP contribution in [-0.4, -0.2) is 14.5 Å². The number of imidazole rings is 1. The molecule has 0 N–H and O–H groups in total. The van der Waals surface area contributed by atoms with Crippen LogP contribution < -0.4 is 0 Å². The van der Waals surface area contributed by atoms with Crippen LogP contribution in [0.1, 0.15) is 18.4 Å². The summed E-state index contributed by atoms with van der Waals surface area (Å²) in [4.78, 5) is 13.5. The van der Waals surface area contributed by atoms with E-state index in [0.717, 1.165) is 0 Å². The van der Waals surface area contributed by atoms with E-state index >= 15 is 0 Å². The maximum absolute atomic E-state index is 10.5. The molecule has 1 aromatic rings. The highest BCUT2D eigenvalue weighted by Gasteiger charge is 2.25. The third kappa shape index (κ3) is 1.54. The zero-order valence-corrected chi connectivity index (χ0v) is 8.15. The van der Waals surface area contributed by atoms with Crippen molar-refractivity contribution in [3.05, 3.63) is 21.6 Å². The second-order valence-electron chi connectivity index (χ2n) is 2.45. The Bertz CT molecular complexity index is 407. The highest BCUT2D eigenvalue weighted by atomic mass is 35.5. The largest absolute Gasteiger partial charge is 0.400 e. The van der Waals surface area contributed by atoms with Crippen LogP contribution in [0.5, 0.6) is 0 Å². The van der Waals surface area contributed by atoms with E-state index in [0.29, 0.717) is 12.4 Å². The average Bonchev–Trinajstić information content (AvgIpc) is 2.54. The number of hydrogen-bond donors (Lipinski definition) is 0. The highest BCUT2D eigenvalue weighted by molar-refractivity contribution is 6.16. The molecule has 0 saturated heterocycles. The monoisotopic (exact) mass is 214 g/mol. The summed E-state index contributed by atoms with van der Waals surface area (Å²) in [6.07, 6.45) is 0. The van der Waals surface area contributed by atoms with Gasteiger partial charge in [-0.1, -0.05) is 0 Å². The molecule has 0 aliphatic carbocycles. The van der Waals surface area contributed by atoms with Crippen molar-refractivity contribution < 1.29 is 4.92 Å². The number of nitrogens with zero attached hydrogens (tertiary/aromatic N) is 4. The Hall–Kier alpha value is -1.61. The second kappa shape index (κ2) is 4.07. The van der Waals surface area contributed by atoms with Gasteiger partial charge in [-0.15, -0.1) is 11.6 Å². The van der Waals surface area contributed by atoms with Crippen LogP contribution in [0, 0.1) is 21.4 Å². The van der Waals surface area contributed by atoms with Crippen molar-refractivity contribution in [3.8, 4) is 6.07 Å². The molecule has 0 fully saturated rings. The first kappa shape index (κ1) is 10.5. The summed E-state index contributed by atoms with van der Waals surface area (Å²) in [6.45, 7) is 2.20. The normalized spacial score (nSPS) is 9.79. The summed E-state index contributed by atoms with van der Waals surface area (Å²) in [7, 11) is 0. The number of halogens is 1. The quantitative estimate of drug-likeness (QED) is 0.433. The van der Waals surface area contributed by atoms with E-state index in [1.807, 2.05) is 0 Å². The summed E-state index contributed by atoms with van der Waals surface area (Å²) in [5.41, 5.74) is -0.0480. The molecule has 0 aliphatic rings. The molecule has 0 atom stereocenters. The molecular formula is C7H7ClN4O2. The number of nitro groups is 1. The number of hydrogen-bond acceptors (Lipinski definition) is 4. The summed E-state index contributed by atoms with van der Waals surface area (Å²) in [5.74, 6) is -0.0292. The standard InChI is InChI=1S/C7H7ClN4O2/c1-2-11-5(4-9)7(12(13)14)10-6(11)3-8/h2-3H2,1H3. The van der Waals surface area contributed by atoms with Gasteiger partial charge in [0, 0.05) is 6.54 Å². The Balaban J connectivity index is 3.41. The lowest BCUT2D eigenvalue weighted by atomic mass is 10.4. The van der Waals surface area contributed by atoms with Gasteiger partial charge in [0.1, 0.15) is 11.9 Å². The lowest BCUT2D eigenvalue weighted by Gasteiger charge is -1.97. The minimum Gasteiger partial charge on any atom is -0.358 e. The third-order valence-electron chi connectivity index (χ3n) is 1.74. The van der Waals surface area contributed by atoms with Crippen molar-refractivity contribution in [3.63, 3.8) is 0 Å². The SMILES string of the molecule is CCn1c(CCl)nc([N+](=O)[O-])c1C#N. The zero-order chi connectivity index (χ0) is 10.7. The van der Waals surface area contributed by atoms with Crippen molar-refractivity contribution in [1.29, 1.82) is 5.26 Å². The smallest absolute Gasteiger partial charge is 0.358 e. The third-order valence-corrected chi connectivity index (χ3v) is 1.98. The van der Waals surface area contributed by atoms with E-state index < -0.39 is 10.7 Å². The summed E-state index contributed by atoms with van der Waals surface area (Å²) < 4.78 is 1.44. The molecule has 0 aromatic carbocycles. The predicted molar refractivity (Wildman–Crippen MR) is 48.8 cm³/mol. The molecule has 0 saturated carbocycles. The van der Waals surface area contributed by atoms with Crippen LogP contribution in [0.25, 0.3) is 0 Å². The fourth-order valence-corrected chi connectivity index (χ4v) is 1.37. The Kier molecular flexibility index (Phi) is 3.04. The van der Waals surface area contributed by atoms with Gasteiger partial charge in [-0.25, -0.2) is 0 Å². The molecule has 1 heterocycles. The van der Waals surface area contributed by atoms with E-state index in [1.54, 1.807) is 13.0 Å². The molecular weight excluding hydrogens is 208 g/mol. The van der Waals surface area contributed by atoms with Gasteiger partial charge in [-0.3, -0.25) is 4.57 Å². The topological polar surface area (TPSA) is 84.8 Å². The Labute approximate surface area is 84.9 Å².